The van der Waals surface area contributed by atoms with Crippen molar-refractivity contribution in [1.29, 1.82) is 0 Å². The number of hydrogen-bond donors (Lipinski definition) is 1. The average molecular weight is 667 g/mol. The molecule has 0 radical (unpaired) electrons. The minimum absolute atomic E-state index is 0.0523. The minimum Gasteiger partial charge on any atom is -0.478 e. The summed E-state index contributed by atoms with van der Waals surface area (Å²) < 4.78 is 82.9. The molecule has 0 atom stereocenters. The first-order valence-corrected chi connectivity index (χ1v) is 15.8. The molecule has 8 nitrogen and oxygen atoms in total. The summed E-state index contributed by atoms with van der Waals surface area (Å²) in [5.74, 6) is -1.61. The maximum atomic E-state index is 14.9. The maximum Gasteiger partial charge on any atom is 0.339 e. The highest BCUT2D eigenvalue weighted by molar-refractivity contribution is 7.90. The Balaban J connectivity index is 1.56. The van der Waals surface area contributed by atoms with Crippen molar-refractivity contribution < 1.29 is 41.0 Å². The third-order valence-corrected chi connectivity index (χ3v) is 9.77. The van der Waals surface area contributed by atoms with Crippen molar-refractivity contribution in [2.45, 2.75) is 11.3 Å². The number of carboxylic acid groups (broad SMARTS) is 1. The summed E-state index contributed by atoms with van der Waals surface area (Å²) in [6.45, 7) is 7.64. The van der Waals surface area contributed by atoms with E-state index in [0.717, 1.165) is 34.3 Å². The Hall–Kier alpha value is -6.06. The number of carboxylic acids is 1. The third-order valence-electron chi connectivity index (χ3n) is 8.05. The van der Waals surface area contributed by atoms with Crippen LogP contribution in [0.5, 0.6) is 11.5 Å². The molecule has 48 heavy (non-hydrogen) atoms. The van der Waals surface area contributed by atoms with E-state index in [-0.39, 0.29) is 62.2 Å². The number of alkyl halides is 2. The zero-order valence-corrected chi connectivity index (χ0v) is 25.3. The number of rotatable bonds is 7. The molecule has 238 valence electrons. The van der Waals surface area contributed by atoms with Gasteiger partial charge in [-0.2, -0.15) is 0 Å². The fourth-order valence-electron chi connectivity index (χ4n) is 5.92. The van der Waals surface area contributed by atoms with E-state index in [9.17, 15) is 31.5 Å². The molecule has 6 aromatic rings. The van der Waals surface area contributed by atoms with Crippen molar-refractivity contribution >= 4 is 32.6 Å². The number of benzene rings is 5. The van der Waals surface area contributed by atoms with Gasteiger partial charge in [0.25, 0.3) is 16.4 Å². The molecule has 0 fully saturated rings. The zero-order chi connectivity index (χ0) is 33.7. The predicted octanol–water partition coefficient (Wildman–Crippen LogP) is 8.93. The summed E-state index contributed by atoms with van der Waals surface area (Å²) in [4.78, 5) is 15.2. The van der Waals surface area contributed by atoms with E-state index < -0.39 is 28.2 Å². The topological polar surface area (TPSA) is 99.2 Å². The lowest BCUT2D eigenvalue weighted by Gasteiger charge is -2.16. The van der Waals surface area contributed by atoms with Crippen LogP contribution < -0.4 is 9.47 Å². The second-order valence-electron chi connectivity index (χ2n) is 10.8. The number of halogens is 3. The molecule has 0 bridgehead atoms. The van der Waals surface area contributed by atoms with Crippen molar-refractivity contribution in [2.24, 2.45) is 0 Å². The van der Waals surface area contributed by atoms with Crippen LogP contribution in [0.15, 0.2) is 108 Å². The van der Waals surface area contributed by atoms with Crippen LogP contribution in [0.2, 0.25) is 0 Å². The van der Waals surface area contributed by atoms with Crippen LogP contribution >= 0.6 is 0 Å². The smallest absolute Gasteiger partial charge is 0.339 e. The Bertz CT molecular complexity index is 2430. The van der Waals surface area contributed by atoms with Gasteiger partial charge in [0.15, 0.2) is 17.2 Å². The largest absolute Gasteiger partial charge is 0.478 e. The Morgan fingerprint density at radius 2 is 1.58 bits per heavy atom. The maximum absolute atomic E-state index is 14.9. The number of para-hydroxylation sites is 1. The van der Waals surface area contributed by atoms with E-state index >= 15 is 0 Å². The van der Waals surface area contributed by atoms with Crippen LogP contribution in [0.3, 0.4) is 0 Å². The van der Waals surface area contributed by atoms with Crippen LogP contribution in [0.1, 0.15) is 22.3 Å². The highest BCUT2D eigenvalue weighted by atomic mass is 32.2. The van der Waals surface area contributed by atoms with Crippen LogP contribution in [0.4, 0.5) is 18.9 Å². The van der Waals surface area contributed by atoms with Gasteiger partial charge in [0.2, 0.25) is 6.79 Å². The van der Waals surface area contributed by atoms with Gasteiger partial charge < -0.3 is 14.6 Å². The fourth-order valence-corrected chi connectivity index (χ4v) is 7.46. The summed E-state index contributed by atoms with van der Waals surface area (Å²) >= 11 is 0. The molecule has 1 aromatic heterocycles. The Labute approximate surface area is 271 Å². The van der Waals surface area contributed by atoms with Crippen LogP contribution in [-0.2, 0) is 10.0 Å². The number of aromatic nitrogens is 1. The van der Waals surface area contributed by atoms with E-state index in [1.165, 1.54) is 18.2 Å². The van der Waals surface area contributed by atoms with Gasteiger partial charge >= 0.3 is 5.97 Å². The lowest BCUT2D eigenvalue weighted by Crippen LogP contribution is -2.14. The Morgan fingerprint density at radius 3 is 2.31 bits per heavy atom. The second-order valence-corrected chi connectivity index (χ2v) is 12.6. The van der Waals surface area contributed by atoms with E-state index in [0.29, 0.717) is 22.3 Å². The number of fused-ring (bicyclic) bond motifs is 2. The highest BCUT2D eigenvalue weighted by Crippen LogP contribution is 2.48. The van der Waals surface area contributed by atoms with Crippen molar-refractivity contribution in [1.82, 2.24) is 3.97 Å². The SMILES string of the molecule is [C-]#[N+]c1ccccc1-c1c(-c2cccc(-c3ccc(C(=O)O)c4c3OCO4)c2)n(S(=O)(=O)c2ccc(C(F)F)cc2)c2ccc(F)cc12. The number of ether oxygens (including phenoxy) is 2. The van der Waals surface area contributed by atoms with Gasteiger partial charge in [0.05, 0.1) is 22.7 Å². The van der Waals surface area contributed by atoms with Crippen LogP contribution in [0.25, 0.3) is 49.3 Å². The van der Waals surface area contributed by atoms with Crippen molar-refractivity contribution in [2.75, 3.05) is 6.79 Å². The molecular weight excluding hydrogens is 645 g/mol. The Kier molecular flexibility index (Phi) is 7.41. The molecule has 5 aromatic carbocycles. The second kappa shape index (κ2) is 11.6. The van der Waals surface area contributed by atoms with Gasteiger partial charge in [0, 0.05) is 27.6 Å². The van der Waals surface area contributed by atoms with Crippen LogP contribution in [0, 0.1) is 12.4 Å². The lowest BCUT2D eigenvalue weighted by molar-refractivity contribution is 0.0692. The molecule has 0 saturated carbocycles. The molecule has 0 aliphatic carbocycles. The first-order valence-electron chi connectivity index (χ1n) is 14.3. The van der Waals surface area contributed by atoms with Gasteiger partial charge in [-0.15, -0.1) is 0 Å². The molecule has 0 saturated heterocycles. The normalized spacial score (nSPS) is 12.4. The number of aromatic carboxylic acids is 1. The fraction of sp³-hybridized carbons (Fsp3) is 0.0556. The van der Waals surface area contributed by atoms with Crippen LogP contribution in [-0.4, -0.2) is 30.3 Å². The minimum atomic E-state index is -4.55. The monoisotopic (exact) mass is 666 g/mol. The van der Waals surface area contributed by atoms with Gasteiger partial charge in [-0.25, -0.2) is 35.2 Å². The molecule has 7 rings (SSSR count). The predicted molar refractivity (Wildman–Crippen MR) is 172 cm³/mol. The molecule has 1 N–H and O–H groups in total. The zero-order valence-electron chi connectivity index (χ0n) is 24.5. The lowest BCUT2D eigenvalue weighted by atomic mass is 9.94. The summed E-state index contributed by atoms with van der Waals surface area (Å²) in [5.41, 5.74) is 1.82. The molecule has 0 unspecified atom stereocenters. The van der Waals surface area contributed by atoms with E-state index in [2.05, 4.69) is 4.85 Å². The highest BCUT2D eigenvalue weighted by Gasteiger charge is 2.31. The van der Waals surface area contributed by atoms with Gasteiger partial charge in [-0.05, 0) is 59.7 Å². The van der Waals surface area contributed by atoms with Gasteiger partial charge in [0.1, 0.15) is 11.4 Å². The van der Waals surface area contributed by atoms with Gasteiger partial charge in [-0.3, -0.25) is 0 Å². The third kappa shape index (κ3) is 4.92. The number of nitrogens with zero attached hydrogens (tertiary/aromatic N) is 2. The summed E-state index contributed by atoms with van der Waals surface area (Å²) in [5, 5.41) is 9.83. The first-order chi connectivity index (χ1) is 23.1. The number of carbonyl (C=O) groups is 1. The summed E-state index contributed by atoms with van der Waals surface area (Å²) in [7, 11) is -4.55. The van der Waals surface area contributed by atoms with Crippen molar-refractivity contribution in [3.05, 3.63) is 131 Å². The van der Waals surface area contributed by atoms with E-state index in [4.69, 9.17) is 16.0 Å². The molecule has 1 aliphatic heterocycles. The standard InChI is InChI=1S/C36H21F3N2O6S/c1-40-29-8-3-2-7-26(29)31-28-18-23(37)11-16-30(28)41(48(44,45)24-12-9-20(10-13-24)35(38)39)32(31)22-6-4-5-21(17-22)25-14-15-27(36(42)43)34-33(25)46-19-47-34/h2-18,35H,19H2,(H,42,43). The van der Waals surface area contributed by atoms with Crippen molar-refractivity contribution in [3.8, 4) is 45.0 Å². The molecule has 12 heteroatoms. The Morgan fingerprint density at radius 1 is 0.854 bits per heavy atom. The summed E-state index contributed by atoms with van der Waals surface area (Å²) in [6, 6.07) is 24.0. The molecule has 1 aliphatic rings. The molecule has 0 spiro atoms. The van der Waals surface area contributed by atoms with Crippen molar-refractivity contribution in [3.63, 3.8) is 0 Å². The summed E-state index contributed by atoms with van der Waals surface area (Å²) in [6.07, 6.45) is -2.81. The quantitative estimate of drug-likeness (QED) is 0.171. The van der Waals surface area contributed by atoms with Gasteiger partial charge in [-0.1, -0.05) is 54.6 Å². The number of hydrogen-bond acceptors (Lipinski definition) is 5. The molecule has 2 heterocycles. The first kappa shape index (κ1) is 30.6. The molecular formula is C36H21F3N2O6S. The van der Waals surface area contributed by atoms with E-state index in [1.807, 2.05) is 0 Å². The van der Waals surface area contributed by atoms with E-state index in [1.54, 1.807) is 54.6 Å². The average Bonchev–Trinajstić information content (AvgIpc) is 3.71. The molecule has 0 amide bonds.